The minimum atomic E-state index is -0.550. The third-order valence-corrected chi connectivity index (χ3v) is 2.72. The average Bonchev–Trinajstić information content (AvgIpc) is 2.89. The number of nitrogens with zero attached hydrogens (tertiary/aromatic N) is 1. The molecule has 2 aromatic rings. The Hall–Kier alpha value is -2.14. The lowest BCUT2D eigenvalue weighted by Gasteiger charge is -2.12. The van der Waals surface area contributed by atoms with E-state index in [4.69, 9.17) is 10.2 Å². The molecule has 5 heteroatoms. The van der Waals surface area contributed by atoms with E-state index in [9.17, 15) is 4.79 Å². The quantitative estimate of drug-likeness (QED) is 0.878. The zero-order chi connectivity index (χ0) is 13.8. The summed E-state index contributed by atoms with van der Waals surface area (Å²) < 4.78 is 5.65. The molecule has 0 spiro atoms. The molecule has 100 valence electrons. The molecular formula is C14H17N3O2. The molecule has 5 nitrogen and oxygen atoms in total. The number of nitrogens with two attached hydrogens (primary N) is 1. The number of amides is 1. The average molecular weight is 259 g/mol. The lowest BCUT2D eigenvalue weighted by Crippen LogP contribution is -2.39. The fourth-order valence-corrected chi connectivity index (χ4v) is 1.63. The summed E-state index contributed by atoms with van der Waals surface area (Å²) in [5.74, 6) is 0.914. The second-order valence-corrected chi connectivity index (χ2v) is 4.45. The van der Waals surface area contributed by atoms with Crippen LogP contribution in [0.5, 0.6) is 0 Å². The highest BCUT2D eigenvalue weighted by Crippen LogP contribution is 2.22. The molecular weight excluding hydrogens is 242 g/mol. The molecule has 0 aliphatic rings. The van der Waals surface area contributed by atoms with Crippen molar-refractivity contribution in [3.8, 4) is 11.3 Å². The van der Waals surface area contributed by atoms with Crippen LogP contribution in [0.15, 0.2) is 40.9 Å². The van der Waals surface area contributed by atoms with Crippen LogP contribution < -0.4 is 11.1 Å². The zero-order valence-corrected chi connectivity index (χ0v) is 11.0. The van der Waals surface area contributed by atoms with Gasteiger partial charge in [0.2, 0.25) is 11.8 Å². The van der Waals surface area contributed by atoms with Gasteiger partial charge in [0.15, 0.2) is 5.76 Å². The Morgan fingerprint density at radius 3 is 2.63 bits per heavy atom. The number of aromatic nitrogens is 1. The number of benzene rings is 1. The van der Waals surface area contributed by atoms with Crippen molar-refractivity contribution in [2.45, 2.75) is 25.9 Å². The fraction of sp³-hybridized carbons (Fsp3) is 0.286. The molecule has 0 aliphatic carbocycles. The summed E-state index contributed by atoms with van der Waals surface area (Å²) in [6, 6.07) is 8.82. The largest absolute Gasteiger partial charge is 0.438 e. The van der Waals surface area contributed by atoms with Crippen LogP contribution in [-0.4, -0.2) is 16.9 Å². The van der Waals surface area contributed by atoms with Crippen LogP contribution in [0.4, 0.5) is 0 Å². The molecule has 1 unspecified atom stereocenters. The number of carbonyl (C=O) groups excluding carboxylic acids is 1. The van der Waals surface area contributed by atoms with E-state index in [2.05, 4.69) is 10.3 Å². The van der Waals surface area contributed by atoms with Crippen LogP contribution >= 0.6 is 0 Å². The minimum Gasteiger partial charge on any atom is -0.438 e. The van der Waals surface area contributed by atoms with Crippen molar-refractivity contribution in [2.75, 3.05) is 0 Å². The number of hydrogen-bond donors (Lipinski definition) is 2. The molecule has 2 atom stereocenters. The Morgan fingerprint density at radius 2 is 2.00 bits per heavy atom. The summed E-state index contributed by atoms with van der Waals surface area (Å²) in [5.41, 5.74) is 6.45. The van der Waals surface area contributed by atoms with Gasteiger partial charge in [-0.05, 0) is 13.8 Å². The molecule has 1 amide bonds. The third-order valence-electron chi connectivity index (χ3n) is 2.72. The Kier molecular flexibility index (Phi) is 3.97. The lowest BCUT2D eigenvalue weighted by atomic mass is 10.2. The van der Waals surface area contributed by atoms with Crippen LogP contribution in [0.2, 0.25) is 0 Å². The van der Waals surface area contributed by atoms with Gasteiger partial charge in [0.25, 0.3) is 0 Å². The van der Waals surface area contributed by atoms with E-state index in [1.165, 1.54) is 0 Å². The predicted octanol–water partition coefficient (Wildman–Crippen LogP) is 1.87. The summed E-state index contributed by atoms with van der Waals surface area (Å²) >= 11 is 0. The Morgan fingerprint density at radius 1 is 1.32 bits per heavy atom. The number of carbonyl (C=O) groups is 1. The van der Waals surface area contributed by atoms with E-state index in [1.807, 2.05) is 30.3 Å². The van der Waals surface area contributed by atoms with Crippen LogP contribution in [0.1, 0.15) is 25.8 Å². The zero-order valence-electron chi connectivity index (χ0n) is 11.0. The van der Waals surface area contributed by atoms with Crippen molar-refractivity contribution in [2.24, 2.45) is 5.73 Å². The van der Waals surface area contributed by atoms with E-state index in [0.717, 1.165) is 5.56 Å². The molecule has 0 saturated heterocycles. The topological polar surface area (TPSA) is 81.2 Å². The third kappa shape index (κ3) is 3.20. The van der Waals surface area contributed by atoms with Gasteiger partial charge in [-0.15, -0.1) is 0 Å². The van der Waals surface area contributed by atoms with Crippen molar-refractivity contribution < 1.29 is 9.21 Å². The molecule has 0 fully saturated rings. The van der Waals surface area contributed by atoms with Gasteiger partial charge in [-0.25, -0.2) is 4.98 Å². The second kappa shape index (κ2) is 5.67. The molecule has 1 heterocycles. The monoisotopic (exact) mass is 259 g/mol. The summed E-state index contributed by atoms with van der Waals surface area (Å²) in [6.07, 6.45) is 1.65. The summed E-state index contributed by atoms with van der Waals surface area (Å²) in [7, 11) is 0. The van der Waals surface area contributed by atoms with Gasteiger partial charge < -0.3 is 15.5 Å². The normalized spacial score (nSPS) is 13.8. The first kappa shape index (κ1) is 13.3. The highest BCUT2D eigenvalue weighted by atomic mass is 16.4. The SMILES string of the molecule is CC(NC(=O)[C@H](C)N)c1ncc(-c2ccccc2)o1. The predicted molar refractivity (Wildman–Crippen MR) is 72.1 cm³/mol. The van der Waals surface area contributed by atoms with Crippen molar-refractivity contribution in [3.05, 3.63) is 42.4 Å². The molecule has 1 aromatic heterocycles. The van der Waals surface area contributed by atoms with Crippen molar-refractivity contribution in [3.63, 3.8) is 0 Å². The summed E-state index contributed by atoms with van der Waals surface area (Å²) in [6.45, 7) is 3.44. The molecule has 3 N–H and O–H groups in total. The van der Waals surface area contributed by atoms with Crippen LogP contribution in [0.25, 0.3) is 11.3 Å². The molecule has 0 aliphatic heterocycles. The fourth-order valence-electron chi connectivity index (χ4n) is 1.63. The van der Waals surface area contributed by atoms with Gasteiger partial charge in [0.05, 0.1) is 12.2 Å². The number of nitrogens with one attached hydrogen (secondary N) is 1. The number of rotatable bonds is 4. The summed E-state index contributed by atoms with van der Waals surface area (Å²) in [5, 5.41) is 2.74. The van der Waals surface area contributed by atoms with Gasteiger partial charge in [-0.2, -0.15) is 0 Å². The number of hydrogen-bond acceptors (Lipinski definition) is 4. The maximum atomic E-state index is 11.5. The van der Waals surface area contributed by atoms with Crippen LogP contribution in [-0.2, 0) is 4.79 Å². The first-order chi connectivity index (χ1) is 9.08. The number of oxazole rings is 1. The maximum absolute atomic E-state index is 11.5. The van der Waals surface area contributed by atoms with Crippen LogP contribution in [0.3, 0.4) is 0 Å². The smallest absolute Gasteiger partial charge is 0.237 e. The lowest BCUT2D eigenvalue weighted by molar-refractivity contribution is -0.122. The van der Waals surface area contributed by atoms with E-state index < -0.39 is 6.04 Å². The Labute approximate surface area is 111 Å². The summed E-state index contributed by atoms with van der Waals surface area (Å²) in [4.78, 5) is 15.7. The van der Waals surface area contributed by atoms with Crippen LogP contribution in [0, 0.1) is 0 Å². The van der Waals surface area contributed by atoms with Gasteiger partial charge >= 0.3 is 0 Å². The van der Waals surface area contributed by atoms with Crippen molar-refractivity contribution in [1.29, 1.82) is 0 Å². The van der Waals surface area contributed by atoms with Gasteiger partial charge in [-0.3, -0.25) is 4.79 Å². The highest BCUT2D eigenvalue weighted by molar-refractivity contribution is 5.81. The van der Waals surface area contributed by atoms with Crippen molar-refractivity contribution in [1.82, 2.24) is 10.3 Å². The molecule has 19 heavy (non-hydrogen) atoms. The first-order valence-electron chi connectivity index (χ1n) is 6.15. The molecule has 0 saturated carbocycles. The van der Waals surface area contributed by atoms with E-state index in [1.54, 1.807) is 20.0 Å². The first-order valence-corrected chi connectivity index (χ1v) is 6.15. The van der Waals surface area contributed by atoms with E-state index >= 15 is 0 Å². The van der Waals surface area contributed by atoms with E-state index in [0.29, 0.717) is 11.7 Å². The Bertz CT molecular complexity index is 549. The Balaban J connectivity index is 2.11. The highest BCUT2D eigenvalue weighted by Gasteiger charge is 2.17. The molecule has 0 radical (unpaired) electrons. The van der Waals surface area contributed by atoms with Gasteiger partial charge in [0, 0.05) is 5.56 Å². The minimum absolute atomic E-state index is 0.230. The van der Waals surface area contributed by atoms with Crippen molar-refractivity contribution >= 4 is 5.91 Å². The van der Waals surface area contributed by atoms with E-state index in [-0.39, 0.29) is 11.9 Å². The van der Waals surface area contributed by atoms with Gasteiger partial charge in [0.1, 0.15) is 6.04 Å². The molecule has 0 bridgehead atoms. The second-order valence-electron chi connectivity index (χ2n) is 4.45. The maximum Gasteiger partial charge on any atom is 0.237 e. The van der Waals surface area contributed by atoms with Gasteiger partial charge in [-0.1, -0.05) is 30.3 Å². The standard InChI is InChI=1S/C14H17N3O2/c1-9(15)13(18)17-10(2)14-16-8-12(19-14)11-6-4-3-5-7-11/h3-10H,15H2,1-2H3,(H,17,18)/t9-,10?/m0/s1. The molecule has 1 aromatic carbocycles. The molecule has 2 rings (SSSR count).